The first kappa shape index (κ1) is 11.3. The second kappa shape index (κ2) is 4.77. The molecule has 1 aromatic rings. The van der Waals surface area contributed by atoms with E-state index in [0.717, 1.165) is 23.4 Å². The van der Waals surface area contributed by atoms with Gasteiger partial charge < -0.3 is 0 Å². The van der Waals surface area contributed by atoms with Crippen LogP contribution < -0.4 is 0 Å². The lowest BCUT2D eigenvalue weighted by Gasteiger charge is -2.08. The molecule has 0 spiro atoms. The van der Waals surface area contributed by atoms with Gasteiger partial charge in [-0.25, -0.2) is 0 Å². The number of pyridine rings is 1. The zero-order valence-electron chi connectivity index (χ0n) is 10.1. The highest BCUT2D eigenvalue weighted by molar-refractivity contribution is 5.96. The molecule has 0 N–H and O–H groups in total. The molecule has 0 unspecified atom stereocenters. The molecule has 2 nitrogen and oxygen atoms in total. The Bertz CT molecular complexity index is 371. The average Bonchev–Trinajstić information content (AvgIpc) is 2.68. The summed E-state index contributed by atoms with van der Waals surface area (Å²) in [7, 11) is 0. The third-order valence-electron chi connectivity index (χ3n) is 3.35. The molecule has 1 aromatic heterocycles. The quantitative estimate of drug-likeness (QED) is 0.726. The molecular weight excluding hydrogens is 198 g/mol. The number of aromatic nitrogens is 1. The van der Waals surface area contributed by atoms with E-state index in [1.54, 1.807) is 0 Å². The summed E-state index contributed by atoms with van der Waals surface area (Å²) >= 11 is 0. The molecule has 1 heterocycles. The van der Waals surface area contributed by atoms with Crippen LogP contribution in [0.5, 0.6) is 0 Å². The fourth-order valence-electron chi connectivity index (χ4n) is 2.59. The van der Waals surface area contributed by atoms with E-state index >= 15 is 0 Å². The Morgan fingerprint density at radius 2 is 1.81 bits per heavy atom. The van der Waals surface area contributed by atoms with Crippen molar-refractivity contribution in [3.05, 3.63) is 29.1 Å². The Kier molecular flexibility index (Phi) is 3.37. The van der Waals surface area contributed by atoms with Crippen molar-refractivity contribution in [1.82, 2.24) is 4.98 Å². The number of aryl methyl sites for hydroxylation is 2. The van der Waals surface area contributed by atoms with E-state index in [1.807, 2.05) is 26.0 Å². The van der Waals surface area contributed by atoms with Crippen molar-refractivity contribution in [1.29, 1.82) is 0 Å². The second-order valence-electron chi connectivity index (χ2n) is 4.92. The number of Topliss-reactive ketones (excluding diaryl/α,β-unsaturated/α-hetero) is 1. The van der Waals surface area contributed by atoms with Crippen LogP contribution >= 0.6 is 0 Å². The number of carbonyl (C=O) groups excluding carboxylic acids is 1. The predicted octanol–water partition coefficient (Wildman–Crippen LogP) is 3.46. The number of rotatable bonds is 3. The summed E-state index contributed by atoms with van der Waals surface area (Å²) in [6.45, 7) is 3.89. The first-order valence-corrected chi connectivity index (χ1v) is 6.13. The molecule has 1 fully saturated rings. The van der Waals surface area contributed by atoms with E-state index in [1.165, 1.54) is 25.7 Å². The summed E-state index contributed by atoms with van der Waals surface area (Å²) in [5.41, 5.74) is 2.72. The Hall–Kier alpha value is -1.18. The summed E-state index contributed by atoms with van der Waals surface area (Å²) in [5, 5.41) is 0. The number of ketones is 1. The van der Waals surface area contributed by atoms with Crippen LogP contribution in [0, 0.1) is 19.8 Å². The molecule has 2 heteroatoms. The summed E-state index contributed by atoms with van der Waals surface area (Å²) in [5.74, 6) is 0.918. The molecule has 1 aliphatic carbocycles. The molecule has 0 amide bonds. The van der Waals surface area contributed by atoms with Crippen molar-refractivity contribution in [2.24, 2.45) is 5.92 Å². The minimum absolute atomic E-state index is 0.292. The largest absolute Gasteiger partial charge is 0.294 e. The van der Waals surface area contributed by atoms with Gasteiger partial charge in [-0.1, -0.05) is 25.7 Å². The molecular formula is C14H19NO. The highest BCUT2D eigenvalue weighted by Crippen LogP contribution is 2.28. The van der Waals surface area contributed by atoms with Crippen molar-refractivity contribution in [2.75, 3.05) is 0 Å². The van der Waals surface area contributed by atoms with Gasteiger partial charge in [0, 0.05) is 23.4 Å². The molecule has 1 aliphatic rings. The lowest BCUT2D eigenvalue weighted by molar-refractivity contribution is 0.0962. The number of hydrogen-bond acceptors (Lipinski definition) is 2. The van der Waals surface area contributed by atoms with Crippen molar-refractivity contribution in [3.8, 4) is 0 Å². The van der Waals surface area contributed by atoms with Crippen LogP contribution in [0.3, 0.4) is 0 Å². The molecule has 0 aliphatic heterocycles. The van der Waals surface area contributed by atoms with Gasteiger partial charge in [-0.2, -0.15) is 0 Å². The zero-order valence-corrected chi connectivity index (χ0v) is 10.1. The van der Waals surface area contributed by atoms with Crippen LogP contribution in [0.25, 0.3) is 0 Å². The van der Waals surface area contributed by atoms with Gasteiger partial charge in [0.25, 0.3) is 0 Å². The van der Waals surface area contributed by atoms with Gasteiger partial charge in [0.15, 0.2) is 5.78 Å². The fourth-order valence-corrected chi connectivity index (χ4v) is 2.59. The average molecular weight is 217 g/mol. The molecule has 1 saturated carbocycles. The second-order valence-corrected chi connectivity index (χ2v) is 4.92. The van der Waals surface area contributed by atoms with Gasteiger partial charge in [0.1, 0.15) is 0 Å². The van der Waals surface area contributed by atoms with Crippen molar-refractivity contribution < 1.29 is 4.79 Å². The molecule has 16 heavy (non-hydrogen) atoms. The number of hydrogen-bond donors (Lipinski definition) is 0. The first-order valence-electron chi connectivity index (χ1n) is 6.13. The molecule has 86 valence electrons. The number of nitrogens with zero attached hydrogens (tertiary/aromatic N) is 1. The Morgan fingerprint density at radius 1 is 1.25 bits per heavy atom. The minimum atomic E-state index is 0.292. The maximum Gasteiger partial charge on any atom is 0.163 e. The highest BCUT2D eigenvalue weighted by Gasteiger charge is 2.19. The maximum absolute atomic E-state index is 12.1. The molecule has 0 radical (unpaired) electrons. The fraction of sp³-hybridized carbons (Fsp3) is 0.571. The van der Waals surface area contributed by atoms with Crippen molar-refractivity contribution in [3.63, 3.8) is 0 Å². The number of carbonyl (C=O) groups is 1. The molecule has 0 saturated heterocycles. The van der Waals surface area contributed by atoms with E-state index in [2.05, 4.69) is 4.98 Å². The van der Waals surface area contributed by atoms with E-state index < -0.39 is 0 Å². The van der Waals surface area contributed by atoms with Gasteiger partial charge in [-0.15, -0.1) is 0 Å². The van der Waals surface area contributed by atoms with Gasteiger partial charge in [-0.3, -0.25) is 9.78 Å². The van der Waals surface area contributed by atoms with E-state index in [9.17, 15) is 4.79 Å². The van der Waals surface area contributed by atoms with E-state index in [-0.39, 0.29) is 0 Å². The Labute approximate surface area is 97.1 Å². The summed E-state index contributed by atoms with van der Waals surface area (Å²) in [6.07, 6.45) is 5.78. The Morgan fingerprint density at radius 3 is 2.38 bits per heavy atom. The van der Waals surface area contributed by atoms with Crippen LogP contribution in [0.15, 0.2) is 12.1 Å². The van der Waals surface area contributed by atoms with Gasteiger partial charge in [0.2, 0.25) is 0 Å². The monoisotopic (exact) mass is 217 g/mol. The third-order valence-corrected chi connectivity index (χ3v) is 3.35. The molecule has 2 rings (SSSR count). The summed E-state index contributed by atoms with van der Waals surface area (Å²) in [6, 6.07) is 3.81. The maximum atomic E-state index is 12.1. The zero-order chi connectivity index (χ0) is 11.5. The van der Waals surface area contributed by atoms with Crippen molar-refractivity contribution in [2.45, 2.75) is 46.0 Å². The lowest BCUT2D eigenvalue weighted by Crippen LogP contribution is -2.07. The third kappa shape index (κ3) is 2.69. The summed E-state index contributed by atoms with van der Waals surface area (Å²) in [4.78, 5) is 16.4. The van der Waals surface area contributed by atoms with Crippen LogP contribution in [0.4, 0.5) is 0 Å². The molecule has 0 atom stereocenters. The van der Waals surface area contributed by atoms with Crippen molar-refractivity contribution >= 4 is 5.78 Å². The van der Waals surface area contributed by atoms with Crippen LogP contribution in [-0.4, -0.2) is 10.8 Å². The van der Waals surface area contributed by atoms with Crippen LogP contribution in [-0.2, 0) is 0 Å². The Balaban J connectivity index is 2.07. The first-order chi connectivity index (χ1) is 7.65. The van der Waals surface area contributed by atoms with Gasteiger partial charge >= 0.3 is 0 Å². The van der Waals surface area contributed by atoms with Crippen LogP contribution in [0.1, 0.15) is 53.8 Å². The van der Waals surface area contributed by atoms with Crippen LogP contribution in [0.2, 0.25) is 0 Å². The lowest BCUT2D eigenvalue weighted by atomic mass is 9.97. The topological polar surface area (TPSA) is 30.0 Å². The minimum Gasteiger partial charge on any atom is -0.294 e. The van der Waals surface area contributed by atoms with Gasteiger partial charge in [-0.05, 0) is 31.9 Å². The standard InChI is InChI=1S/C14H19NO/c1-10-7-13(8-11(2)15-10)14(16)9-12-5-3-4-6-12/h7-8,12H,3-6,9H2,1-2H3. The predicted molar refractivity (Wildman–Crippen MR) is 64.6 cm³/mol. The normalized spacial score (nSPS) is 16.6. The SMILES string of the molecule is Cc1cc(C(=O)CC2CCCC2)cc(C)n1. The van der Waals surface area contributed by atoms with E-state index in [4.69, 9.17) is 0 Å². The molecule has 0 aromatic carbocycles. The highest BCUT2D eigenvalue weighted by atomic mass is 16.1. The summed E-state index contributed by atoms with van der Waals surface area (Å²) < 4.78 is 0. The van der Waals surface area contributed by atoms with E-state index in [0.29, 0.717) is 11.7 Å². The molecule has 0 bridgehead atoms. The smallest absolute Gasteiger partial charge is 0.163 e. The van der Waals surface area contributed by atoms with Gasteiger partial charge in [0.05, 0.1) is 0 Å².